The quantitative estimate of drug-likeness (QED) is 0.430. The van der Waals surface area contributed by atoms with Crippen molar-refractivity contribution in [3.63, 3.8) is 0 Å². The largest absolute Gasteiger partial charge is 0.493 e. The number of likely N-dealkylation sites (tertiary alicyclic amines) is 1. The number of hydrogen-bond donors (Lipinski definition) is 1. The molecule has 1 saturated heterocycles. The summed E-state index contributed by atoms with van der Waals surface area (Å²) in [6.45, 7) is 3.86. The van der Waals surface area contributed by atoms with Crippen LogP contribution in [-0.4, -0.2) is 58.8 Å². The number of benzene rings is 2. The van der Waals surface area contributed by atoms with Gasteiger partial charge in [0.15, 0.2) is 11.5 Å². The number of halogens is 1. The molecule has 0 atom stereocenters. The molecule has 1 aliphatic rings. The summed E-state index contributed by atoms with van der Waals surface area (Å²) in [4.78, 5) is 2.32. The van der Waals surface area contributed by atoms with Gasteiger partial charge < -0.3 is 19.3 Å². The van der Waals surface area contributed by atoms with E-state index >= 15 is 0 Å². The van der Waals surface area contributed by atoms with Crippen molar-refractivity contribution < 1.29 is 23.7 Å². The van der Waals surface area contributed by atoms with Gasteiger partial charge in [-0.3, -0.25) is 9.58 Å². The summed E-state index contributed by atoms with van der Waals surface area (Å²) < 4.78 is 32.1. The van der Waals surface area contributed by atoms with Crippen molar-refractivity contribution in [3.8, 4) is 17.2 Å². The minimum Gasteiger partial charge on any atom is -0.493 e. The summed E-state index contributed by atoms with van der Waals surface area (Å²) in [5.41, 5.74) is 0.254. The van der Waals surface area contributed by atoms with Gasteiger partial charge in [-0.05, 0) is 60.9 Å². The molecule has 34 heavy (non-hydrogen) atoms. The van der Waals surface area contributed by atoms with Crippen LogP contribution in [0.3, 0.4) is 0 Å². The topological polar surface area (TPSA) is 69.0 Å². The fraction of sp³-hybridized carbons (Fsp3) is 0.423. The number of aromatic nitrogens is 2. The first kappa shape index (κ1) is 24.0. The first-order valence-electron chi connectivity index (χ1n) is 11.6. The van der Waals surface area contributed by atoms with Crippen LogP contribution in [0.1, 0.15) is 24.8 Å². The van der Waals surface area contributed by atoms with Crippen molar-refractivity contribution in [3.05, 3.63) is 72.3 Å². The Hall–Kier alpha value is -3.10. The molecule has 3 aromatic rings. The van der Waals surface area contributed by atoms with E-state index < -0.39 is 5.60 Å². The number of aliphatic hydroxyl groups is 1. The fourth-order valence-corrected chi connectivity index (χ4v) is 4.05. The Kier molecular flexibility index (Phi) is 8.03. The second kappa shape index (κ2) is 11.4. The van der Waals surface area contributed by atoms with Gasteiger partial charge in [-0.25, -0.2) is 4.39 Å². The van der Waals surface area contributed by atoms with E-state index in [1.54, 1.807) is 25.4 Å². The van der Waals surface area contributed by atoms with E-state index in [-0.39, 0.29) is 12.4 Å². The van der Waals surface area contributed by atoms with Gasteiger partial charge in [-0.2, -0.15) is 5.10 Å². The van der Waals surface area contributed by atoms with Crippen LogP contribution in [0.15, 0.2) is 60.9 Å². The van der Waals surface area contributed by atoms with Crippen LogP contribution < -0.4 is 14.2 Å². The van der Waals surface area contributed by atoms with Crippen LogP contribution in [0.4, 0.5) is 4.39 Å². The molecule has 0 spiro atoms. The summed E-state index contributed by atoms with van der Waals surface area (Å²) in [5.74, 6) is 1.71. The molecule has 8 heteroatoms. The van der Waals surface area contributed by atoms with Crippen LogP contribution in [0.25, 0.3) is 0 Å². The van der Waals surface area contributed by atoms with Crippen molar-refractivity contribution in [2.24, 2.45) is 0 Å². The number of methoxy groups -OCH3 is 1. The molecule has 1 fully saturated rings. The SMILES string of the molecule is COc1ccc(CN2CCC(O)(COc3ccc(F)cc3)CC2)cc1OCCCn1cccn1. The van der Waals surface area contributed by atoms with E-state index in [1.165, 1.54) is 12.1 Å². The summed E-state index contributed by atoms with van der Waals surface area (Å²) in [7, 11) is 1.64. The molecule has 2 heterocycles. The zero-order valence-electron chi connectivity index (χ0n) is 19.5. The summed E-state index contributed by atoms with van der Waals surface area (Å²) in [5, 5.41) is 15.1. The number of hydrogen-bond acceptors (Lipinski definition) is 6. The summed E-state index contributed by atoms with van der Waals surface area (Å²) in [6.07, 6.45) is 5.78. The van der Waals surface area contributed by atoms with Crippen LogP contribution in [0.2, 0.25) is 0 Å². The number of aryl methyl sites for hydroxylation is 1. The normalized spacial score (nSPS) is 15.7. The molecule has 182 valence electrons. The van der Waals surface area contributed by atoms with E-state index in [2.05, 4.69) is 10.00 Å². The smallest absolute Gasteiger partial charge is 0.161 e. The molecule has 7 nitrogen and oxygen atoms in total. The Balaban J connectivity index is 1.25. The molecule has 4 rings (SSSR count). The lowest BCUT2D eigenvalue weighted by molar-refractivity contribution is -0.0537. The first-order valence-corrected chi connectivity index (χ1v) is 11.6. The molecule has 1 aromatic heterocycles. The van der Waals surface area contributed by atoms with E-state index in [4.69, 9.17) is 14.2 Å². The second-order valence-electron chi connectivity index (χ2n) is 8.70. The number of piperidine rings is 1. The van der Waals surface area contributed by atoms with Crippen LogP contribution in [-0.2, 0) is 13.1 Å². The number of nitrogens with zero attached hydrogens (tertiary/aromatic N) is 3. The molecule has 0 radical (unpaired) electrons. The van der Waals surface area contributed by atoms with Gasteiger partial charge in [0.2, 0.25) is 0 Å². The second-order valence-corrected chi connectivity index (χ2v) is 8.70. The molecular weight excluding hydrogens is 437 g/mol. The Bertz CT molecular complexity index is 1020. The Labute approximate surface area is 199 Å². The van der Waals surface area contributed by atoms with E-state index in [0.29, 0.717) is 30.9 Å². The fourth-order valence-electron chi connectivity index (χ4n) is 4.05. The van der Waals surface area contributed by atoms with Gasteiger partial charge in [0.25, 0.3) is 0 Å². The van der Waals surface area contributed by atoms with E-state index in [1.807, 2.05) is 35.1 Å². The van der Waals surface area contributed by atoms with E-state index in [9.17, 15) is 9.50 Å². The molecule has 0 bridgehead atoms. The highest BCUT2D eigenvalue weighted by Crippen LogP contribution is 2.30. The Morgan fingerprint density at radius 3 is 2.56 bits per heavy atom. The molecule has 0 unspecified atom stereocenters. The predicted octanol–water partition coefficient (Wildman–Crippen LogP) is 3.91. The molecular formula is C26H32FN3O4. The third-order valence-corrected chi connectivity index (χ3v) is 6.09. The number of ether oxygens (including phenoxy) is 3. The molecule has 0 amide bonds. The van der Waals surface area contributed by atoms with Crippen molar-refractivity contribution in [1.82, 2.24) is 14.7 Å². The third-order valence-electron chi connectivity index (χ3n) is 6.09. The molecule has 0 aliphatic carbocycles. The number of rotatable bonds is 11. The lowest BCUT2D eigenvalue weighted by Crippen LogP contribution is -2.47. The maximum absolute atomic E-state index is 13.0. The predicted molar refractivity (Wildman–Crippen MR) is 127 cm³/mol. The standard InChI is InChI=1S/C26H32FN3O4/c1-32-24-9-4-21(18-25(24)33-17-3-14-30-13-2-12-28-30)19-29-15-10-26(31,11-16-29)20-34-23-7-5-22(27)6-8-23/h2,4-9,12-13,18,31H,3,10-11,14-17,19-20H2,1H3. The molecule has 2 aromatic carbocycles. The Morgan fingerprint density at radius 1 is 1.06 bits per heavy atom. The molecule has 0 saturated carbocycles. The zero-order valence-corrected chi connectivity index (χ0v) is 19.5. The lowest BCUT2D eigenvalue weighted by atomic mass is 9.92. The van der Waals surface area contributed by atoms with Gasteiger partial charge in [0.05, 0.1) is 13.7 Å². The van der Waals surface area contributed by atoms with Crippen molar-refractivity contribution in [2.45, 2.75) is 38.0 Å². The van der Waals surface area contributed by atoms with Crippen molar-refractivity contribution in [1.29, 1.82) is 0 Å². The van der Waals surface area contributed by atoms with Crippen LogP contribution >= 0.6 is 0 Å². The highest BCUT2D eigenvalue weighted by Gasteiger charge is 2.33. The minimum atomic E-state index is -0.881. The minimum absolute atomic E-state index is 0.200. The van der Waals surface area contributed by atoms with Gasteiger partial charge in [0, 0.05) is 45.0 Å². The van der Waals surface area contributed by atoms with Gasteiger partial charge in [0.1, 0.15) is 23.8 Å². The van der Waals surface area contributed by atoms with Gasteiger partial charge in [-0.15, -0.1) is 0 Å². The highest BCUT2D eigenvalue weighted by atomic mass is 19.1. The van der Waals surface area contributed by atoms with Crippen molar-refractivity contribution in [2.75, 3.05) is 33.4 Å². The summed E-state index contributed by atoms with van der Waals surface area (Å²) in [6, 6.07) is 13.8. The van der Waals surface area contributed by atoms with Crippen LogP contribution in [0.5, 0.6) is 17.2 Å². The van der Waals surface area contributed by atoms with Gasteiger partial charge in [-0.1, -0.05) is 6.07 Å². The molecule has 1 N–H and O–H groups in total. The monoisotopic (exact) mass is 469 g/mol. The van der Waals surface area contributed by atoms with Crippen LogP contribution in [0, 0.1) is 5.82 Å². The summed E-state index contributed by atoms with van der Waals surface area (Å²) >= 11 is 0. The highest BCUT2D eigenvalue weighted by molar-refractivity contribution is 5.43. The third kappa shape index (κ3) is 6.71. The average molecular weight is 470 g/mol. The maximum Gasteiger partial charge on any atom is 0.161 e. The maximum atomic E-state index is 13.0. The van der Waals surface area contributed by atoms with Gasteiger partial charge >= 0.3 is 0 Å². The first-order chi connectivity index (χ1) is 16.5. The molecule has 1 aliphatic heterocycles. The lowest BCUT2D eigenvalue weighted by Gasteiger charge is -2.38. The zero-order chi connectivity index (χ0) is 23.8. The van der Waals surface area contributed by atoms with Crippen molar-refractivity contribution >= 4 is 0 Å². The average Bonchev–Trinajstić information content (AvgIpc) is 3.37. The Morgan fingerprint density at radius 2 is 1.85 bits per heavy atom. The van der Waals surface area contributed by atoms with E-state index in [0.717, 1.165) is 43.9 Å².